The van der Waals surface area contributed by atoms with Crippen LogP contribution in [0.2, 0.25) is 39.3 Å². The van der Waals surface area contributed by atoms with Crippen molar-refractivity contribution in [3.63, 3.8) is 0 Å². The maximum Gasteiger partial charge on any atom is 0.311 e. The summed E-state index contributed by atoms with van der Waals surface area (Å²) < 4.78 is 11.2. The lowest BCUT2D eigenvalue weighted by atomic mass is 11.6. The molecule has 0 saturated carbocycles. The molecular weight excluding hydrogens is 276 g/mol. The second-order valence-corrected chi connectivity index (χ2v) is 16.6. The van der Waals surface area contributed by atoms with Gasteiger partial charge in [0.05, 0.1) is 0 Å². The summed E-state index contributed by atoms with van der Waals surface area (Å²) in [5.41, 5.74) is -1.92. The Morgan fingerprint density at radius 1 is 0.765 bits per heavy atom. The molecule has 9 heteroatoms. The standard InChI is InChI=1S/C8H20O6Si3/c1-15(2,7(9)10)13-17(5,6)14-16(3,4)8(11)12/h1-6H3,(H,9,10)(H,11,12). The van der Waals surface area contributed by atoms with Crippen LogP contribution in [0, 0.1) is 0 Å². The van der Waals surface area contributed by atoms with Gasteiger partial charge >= 0.3 is 25.2 Å². The van der Waals surface area contributed by atoms with Crippen LogP contribution in [-0.2, 0) is 8.23 Å². The molecule has 0 aromatic carbocycles. The third-order valence-corrected chi connectivity index (χ3v) is 12.1. The van der Waals surface area contributed by atoms with Crippen LogP contribution in [-0.4, -0.2) is 46.6 Å². The molecule has 0 bridgehead atoms. The summed E-state index contributed by atoms with van der Waals surface area (Å²) in [6, 6.07) is 0. The second-order valence-electron chi connectivity index (χ2n) is 5.23. The van der Waals surface area contributed by atoms with Gasteiger partial charge in [0.1, 0.15) is 0 Å². The molecule has 0 amide bonds. The lowest BCUT2D eigenvalue weighted by Gasteiger charge is -2.34. The maximum atomic E-state index is 11.0. The lowest BCUT2D eigenvalue weighted by molar-refractivity contribution is 0.210. The first-order valence-electron chi connectivity index (χ1n) is 5.17. The van der Waals surface area contributed by atoms with Gasteiger partial charge in [0, 0.05) is 0 Å². The van der Waals surface area contributed by atoms with Gasteiger partial charge in [-0.15, -0.1) is 0 Å². The van der Waals surface area contributed by atoms with Crippen molar-refractivity contribution in [1.82, 2.24) is 0 Å². The van der Waals surface area contributed by atoms with Crippen molar-refractivity contribution in [2.75, 3.05) is 0 Å². The van der Waals surface area contributed by atoms with Crippen molar-refractivity contribution < 1.29 is 28.0 Å². The highest BCUT2D eigenvalue weighted by atomic mass is 28.5. The Morgan fingerprint density at radius 2 is 1.00 bits per heavy atom. The SMILES string of the molecule is C[Si](C)(O[Si](C)(C)C(=O)O)O[Si](C)(C)C(=O)O. The molecule has 0 atom stereocenters. The molecule has 100 valence electrons. The van der Waals surface area contributed by atoms with E-state index in [2.05, 4.69) is 0 Å². The van der Waals surface area contributed by atoms with Crippen LogP contribution in [0.4, 0.5) is 9.59 Å². The number of rotatable bonds is 6. The van der Waals surface area contributed by atoms with Gasteiger partial charge in [0.15, 0.2) is 0 Å². The number of hydrogen-bond acceptors (Lipinski definition) is 4. The summed E-state index contributed by atoms with van der Waals surface area (Å²) in [4.78, 5) is 22.0. The van der Waals surface area contributed by atoms with Crippen molar-refractivity contribution >= 4 is 36.4 Å². The van der Waals surface area contributed by atoms with Gasteiger partial charge in [-0.25, -0.2) is 0 Å². The fourth-order valence-electron chi connectivity index (χ4n) is 1.34. The summed E-state index contributed by atoms with van der Waals surface area (Å²) in [7, 11) is -8.47. The first kappa shape index (κ1) is 16.5. The van der Waals surface area contributed by atoms with Gasteiger partial charge in [-0.3, -0.25) is 9.59 Å². The summed E-state index contributed by atoms with van der Waals surface area (Å²) in [5, 5.41) is 18.0. The summed E-state index contributed by atoms with van der Waals surface area (Å²) in [5.74, 6) is 0. The average molecular weight is 296 g/mol. The third kappa shape index (κ3) is 5.12. The van der Waals surface area contributed by atoms with Crippen molar-refractivity contribution in [2.24, 2.45) is 0 Å². The topological polar surface area (TPSA) is 93.1 Å². The molecule has 6 nitrogen and oxygen atoms in total. The highest BCUT2D eigenvalue weighted by Gasteiger charge is 2.46. The smallest absolute Gasteiger partial charge is 0.311 e. The van der Waals surface area contributed by atoms with Crippen LogP contribution in [0.3, 0.4) is 0 Å². The molecule has 0 aliphatic heterocycles. The molecule has 17 heavy (non-hydrogen) atoms. The molecule has 0 heterocycles. The average Bonchev–Trinajstić information content (AvgIpc) is 1.98. The van der Waals surface area contributed by atoms with Crippen LogP contribution in [0.15, 0.2) is 0 Å². The molecule has 0 spiro atoms. The molecule has 0 radical (unpaired) electrons. The minimum atomic E-state index is -2.87. The van der Waals surface area contributed by atoms with Gasteiger partial charge in [0.2, 0.25) is 0 Å². The van der Waals surface area contributed by atoms with E-state index in [1.807, 2.05) is 0 Å². The molecule has 2 N–H and O–H groups in total. The van der Waals surface area contributed by atoms with Crippen LogP contribution in [0.5, 0.6) is 0 Å². The zero-order valence-corrected chi connectivity index (χ0v) is 14.0. The molecule has 0 aliphatic rings. The first-order chi connectivity index (χ1) is 7.30. The minimum absolute atomic E-state index is 0.962. The van der Waals surface area contributed by atoms with Crippen molar-refractivity contribution in [3.05, 3.63) is 0 Å². The van der Waals surface area contributed by atoms with E-state index in [0.29, 0.717) is 0 Å². The maximum absolute atomic E-state index is 11.0. The number of carbonyl (C=O) groups is 2. The van der Waals surface area contributed by atoms with Gasteiger partial charge in [0.25, 0.3) is 11.2 Å². The highest BCUT2D eigenvalue weighted by Crippen LogP contribution is 2.21. The quantitative estimate of drug-likeness (QED) is 0.732. The molecule has 0 unspecified atom stereocenters. The Hall–Kier alpha value is -0.489. The van der Waals surface area contributed by atoms with Gasteiger partial charge < -0.3 is 18.4 Å². The van der Waals surface area contributed by atoms with Gasteiger partial charge in [-0.05, 0) is 39.3 Å². The Labute approximate surface area is 104 Å². The summed E-state index contributed by atoms with van der Waals surface area (Å²) >= 11 is 0. The van der Waals surface area contributed by atoms with Gasteiger partial charge in [-0.2, -0.15) is 0 Å². The zero-order valence-electron chi connectivity index (χ0n) is 11.0. The van der Waals surface area contributed by atoms with Crippen LogP contribution >= 0.6 is 0 Å². The second kappa shape index (κ2) is 5.02. The Bertz CT molecular complexity index is 295. The third-order valence-electron chi connectivity index (χ3n) is 2.03. The monoisotopic (exact) mass is 296 g/mol. The molecule has 0 aliphatic carbocycles. The Morgan fingerprint density at radius 3 is 1.18 bits per heavy atom. The van der Waals surface area contributed by atoms with E-state index in [-0.39, 0.29) is 0 Å². The molecule has 0 fully saturated rings. The normalized spacial score (nSPS) is 13.5. The number of hydrogen-bond donors (Lipinski definition) is 2. The summed E-state index contributed by atoms with van der Waals surface area (Å²) in [6.07, 6.45) is 0. The van der Waals surface area contributed by atoms with Crippen LogP contribution < -0.4 is 0 Å². The van der Waals surface area contributed by atoms with E-state index < -0.39 is 36.4 Å². The van der Waals surface area contributed by atoms with Crippen molar-refractivity contribution in [1.29, 1.82) is 0 Å². The zero-order chi connectivity index (χ0) is 14.1. The number of carboxylic acid groups (broad SMARTS) is 2. The lowest BCUT2D eigenvalue weighted by Crippen LogP contribution is -2.57. The van der Waals surface area contributed by atoms with Crippen LogP contribution in [0.1, 0.15) is 0 Å². The van der Waals surface area contributed by atoms with E-state index in [9.17, 15) is 9.59 Å². The van der Waals surface area contributed by atoms with E-state index in [1.54, 1.807) is 39.3 Å². The Balaban J connectivity index is 4.82. The molecule has 0 aromatic rings. The largest absolute Gasteiger partial charge is 0.484 e. The van der Waals surface area contributed by atoms with Crippen LogP contribution in [0.25, 0.3) is 0 Å². The minimum Gasteiger partial charge on any atom is -0.484 e. The van der Waals surface area contributed by atoms with E-state index >= 15 is 0 Å². The van der Waals surface area contributed by atoms with Crippen molar-refractivity contribution in [3.8, 4) is 0 Å². The van der Waals surface area contributed by atoms with E-state index in [0.717, 1.165) is 0 Å². The highest BCUT2D eigenvalue weighted by molar-refractivity contribution is 7.05. The van der Waals surface area contributed by atoms with E-state index in [4.69, 9.17) is 18.4 Å². The fourth-order valence-corrected chi connectivity index (χ4v) is 12.4. The predicted octanol–water partition coefficient (Wildman–Crippen LogP) is 2.65. The summed E-state index contributed by atoms with van der Waals surface area (Å²) in [6.45, 7) is 9.60. The molecule has 0 saturated heterocycles. The van der Waals surface area contributed by atoms with Crippen molar-refractivity contribution in [2.45, 2.75) is 39.3 Å². The van der Waals surface area contributed by atoms with Gasteiger partial charge in [-0.1, -0.05) is 0 Å². The molecular formula is C8H20O6Si3. The molecule has 0 rings (SSSR count). The fraction of sp³-hybridized carbons (Fsp3) is 0.750. The molecule has 0 aromatic heterocycles. The Kier molecular flexibility index (Phi) is 4.87. The van der Waals surface area contributed by atoms with E-state index in [1.165, 1.54) is 0 Å². The first-order valence-corrected chi connectivity index (χ1v) is 13.8. The predicted molar refractivity (Wildman–Crippen MR) is 70.7 cm³/mol.